The molecule has 2 heterocycles. The van der Waals surface area contributed by atoms with Crippen molar-refractivity contribution in [2.75, 3.05) is 0 Å². The Kier molecular flexibility index (Phi) is 8.48. The van der Waals surface area contributed by atoms with Gasteiger partial charge in [-0.2, -0.15) is 0 Å². The molecule has 6 rings (SSSR count). The van der Waals surface area contributed by atoms with E-state index in [1.807, 2.05) is 29.5 Å². The van der Waals surface area contributed by atoms with Crippen LogP contribution in [0.3, 0.4) is 0 Å². The lowest BCUT2D eigenvalue weighted by Crippen LogP contribution is -1.92. The van der Waals surface area contributed by atoms with Gasteiger partial charge in [0.05, 0.1) is 0 Å². The zero-order valence-electron chi connectivity index (χ0n) is 22.4. The van der Waals surface area contributed by atoms with E-state index >= 15 is 0 Å². The number of hydrogen-bond acceptors (Lipinski definition) is 2. The Hall–Kier alpha value is -3.10. The van der Waals surface area contributed by atoms with Crippen LogP contribution < -0.4 is 0 Å². The monoisotopic (exact) mass is 494 g/mol. The van der Waals surface area contributed by atoms with E-state index in [0.717, 1.165) is 17.8 Å². The molecule has 0 bridgehead atoms. The molecule has 1 nitrogen and oxygen atoms in total. The minimum atomic E-state index is 0.470. The van der Waals surface area contributed by atoms with Crippen LogP contribution in [0.4, 0.5) is 0 Å². The van der Waals surface area contributed by atoms with Crippen LogP contribution in [0.1, 0.15) is 75.1 Å². The minimum absolute atomic E-state index is 0.470. The Bertz CT molecular complexity index is 1300. The summed E-state index contributed by atoms with van der Waals surface area (Å²) in [7, 11) is 0. The third-order valence-electron chi connectivity index (χ3n) is 6.56. The topological polar surface area (TPSA) is 13.1 Å². The summed E-state index contributed by atoms with van der Waals surface area (Å²) in [4.78, 5) is 1.48. The van der Waals surface area contributed by atoms with Crippen LogP contribution >= 0.6 is 11.3 Å². The first-order valence-corrected chi connectivity index (χ1v) is 13.9. The Labute approximate surface area is 220 Å². The van der Waals surface area contributed by atoms with E-state index in [1.54, 1.807) is 5.57 Å². The van der Waals surface area contributed by atoms with Gasteiger partial charge in [0.2, 0.25) is 0 Å². The van der Waals surface area contributed by atoms with Gasteiger partial charge in [0.1, 0.15) is 11.3 Å². The molecule has 0 amide bonds. The van der Waals surface area contributed by atoms with Crippen molar-refractivity contribution < 1.29 is 4.42 Å². The predicted molar refractivity (Wildman–Crippen MR) is 159 cm³/mol. The molecule has 0 radical (unpaired) electrons. The van der Waals surface area contributed by atoms with Crippen molar-refractivity contribution in [3.05, 3.63) is 112 Å². The van der Waals surface area contributed by atoms with Gasteiger partial charge in [-0.3, -0.25) is 0 Å². The SMILES string of the molecule is CC(C)C1=Cc2ccccc2C1.CC(C)c1cc2ccccc2o1.CC(C)c1cc2ccccc2s1. The molecule has 2 aromatic heterocycles. The van der Waals surface area contributed by atoms with Gasteiger partial charge < -0.3 is 4.42 Å². The Balaban J connectivity index is 0.000000127. The summed E-state index contributed by atoms with van der Waals surface area (Å²) < 4.78 is 7.03. The van der Waals surface area contributed by atoms with Crippen LogP contribution in [0.2, 0.25) is 0 Å². The maximum Gasteiger partial charge on any atom is 0.134 e. The molecule has 5 aromatic rings. The lowest BCUT2D eigenvalue weighted by molar-refractivity contribution is 0.522. The first kappa shape index (κ1) is 26.0. The normalized spacial score (nSPS) is 12.4. The number of benzene rings is 3. The molecule has 0 aliphatic heterocycles. The molecular weight excluding hydrogens is 456 g/mol. The van der Waals surface area contributed by atoms with Gasteiger partial charge in [-0.05, 0) is 59.0 Å². The fourth-order valence-electron chi connectivity index (χ4n) is 4.25. The van der Waals surface area contributed by atoms with E-state index < -0.39 is 0 Å². The first-order valence-electron chi connectivity index (χ1n) is 13.1. The summed E-state index contributed by atoms with van der Waals surface area (Å²) in [5.74, 6) is 2.88. The lowest BCUT2D eigenvalue weighted by Gasteiger charge is -2.04. The number of allylic oxidation sites excluding steroid dienone is 1. The fraction of sp³-hybridized carbons (Fsp3) is 0.294. The summed E-state index contributed by atoms with van der Waals surface area (Å²) in [6.07, 6.45) is 3.49. The molecule has 2 heteroatoms. The number of para-hydroxylation sites is 1. The van der Waals surface area contributed by atoms with Gasteiger partial charge in [-0.25, -0.2) is 0 Å². The molecule has 0 saturated heterocycles. The van der Waals surface area contributed by atoms with Crippen molar-refractivity contribution in [3.8, 4) is 0 Å². The van der Waals surface area contributed by atoms with Crippen molar-refractivity contribution in [2.45, 2.75) is 59.8 Å². The van der Waals surface area contributed by atoms with Gasteiger partial charge in [-0.15, -0.1) is 11.3 Å². The third-order valence-corrected chi connectivity index (χ3v) is 7.98. The number of hydrogen-bond donors (Lipinski definition) is 0. The highest BCUT2D eigenvalue weighted by molar-refractivity contribution is 7.19. The molecule has 0 atom stereocenters. The zero-order chi connectivity index (χ0) is 25.7. The molecule has 1 aliphatic rings. The molecule has 0 fully saturated rings. The second-order valence-corrected chi connectivity index (χ2v) is 11.5. The van der Waals surface area contributed by atoms with Crippen LogP contribution in [0, 0.1) is 5.92 Å². The summed E-state index contributed by atoms with van der Waals surface area (Å²) in [5, 5.41) is 2.58. The maximum absolute atomic E-state index is 5.63. The van der Waals surface area contributed by atoms with Crippen molar-refractivity contribution in [1.82, 2.24) is 0 Å². The van der Waals surface area contributed by atoms with Crippen molar-refractivity contribution in [3.63, 3.8) is 0 Å². The van der Waals surface area contributed by atoms with Gasteiger partial charge in [-0.1, -0.05) is 114 Å². The van der Waals surface area contributed by atoms with Crippen LogP contribution in [0.5, 0.6) is 0 Å². The summed E-state index contributed by atoms with van der Waals surface area (Å²) in [6, 6.07) is 29.7. The number of rotatable bonds is 3. The van der Waals surface area contributed by atoms with Crippen LogP contribution in [0.15, 0.2) is 94.9 Å². The molecule has 36 heavy (non-hydrogen) atoms. The van der Waals surface area contributed by atoms with E-state index in [1.165, 1.54) is 31.5 Å². The van der Waals surface area contributed by atoms with Gasteiger partial charge >= 0.3 is 0 Å². The molecule has 1 aliphatic carbocycles. The zero-order valence-corrected chi connectivity index (χ0v) is 23.2. The maximum atomic E-state index is 5.63. The average Bonchev–Trinajstić information content (AvgIpc) is 3.61. The van der Waals surface area contributed by atoms with Gasteiger partial charge in [0, 0.05) is 20.9 Å². The van der Waals surface area contributed by atoms with Gasteiger partial charge in [0.15, 0.2) is 0 Å². The summed E-state index contributed by atoms with van der Waals surface area (Å²) >= 11 is 1.91. The van der Waals surface area contributed by atoms with Crippen LogP contribution in [-0.4, -0.2) is 0 Å². The second-order valence-electron chi connectivity index (χ2n) is 10.4. The third kappa shape index (κ3) is 6.36. The van der Waals surface area contributed by atoms with E-state index in [4.69, 9.17) is 4.42 Å². The molecule has 0 unspecified atom stereocenters. The van der Waals surface area contributed by atoms with Gasteiger partial charge in [0.25, 0.3) is 0 Å². The van der Waals surface area contributed by atoms with Crippen molar-refractivity contribution in [2.24, 2.45) is 5.92 Å². The van der Waals surface area contributed by atoms with Crippen molar-refractivity contribution in [1.29, 1.82) is 0 Å². The highest BCUT2D eigenvalue weighted by Crippen LogP contribution is 2.30. The number of furan rings is 1. The highest BCUT2D eigenvalue weighted by atomic mass is 32.1. The Morgan fingerprint density at radius 2 is 1.33 bits per heavy atom. The van der Waals surface area contributed by atoms with Crippen LogP contribution in [0.25, 0.3) is 27.1 Å². The molecular formula is C34H38OS. The van der Waals surface area contributed by atoms with E-state index in [2.05, 4.69) is 114 Å². The smallest absolute Gasteiger partial charge is 0.134 e. The van der Waals surface area contributed by atoms with E-state index in [9.17, 15) is 0 Å². The molecule has 0 N–H and O–H groups in total. The second kappa shape index (κ2) is 11.8. The first-order chi connectivity index (χ1) is 17.3. The quantitative estimate of drug-likeness (QED) is 0.243. The summed E-state index contributed by atoms with van der Waals surface area (Å²) in [6.45, 7) is 13.3. The molecule has 0 spiro atoms. The molecule has 0 saturated carbocycles. The van der Waals surface area contributed by atoms with E-state index in [-0.39, 0.29) is 0 Å². The number of thiophene rings is 1. The lowest BCUT2D eigenvalue weighted by atomic mass is 10.0. The highest BCUT2D eigenvalue weighted by Gasteiger charge is 2.13. The average molecular weight is 495 g/mol. The Morgan fingerprint density at radius 3 is 1.97 bits per heavy atom. The fourth-order valence-corrected chi connectivity index (χ4v) is 5.32. The largest absolute Gasteiger partial charge is 0.461 e. The summed E-state index contributed by atoms with van der Waals surface area (Å²) in [5.41, 5.74) is 5.46. The molecule has 3 aromatic carbocycles. The Morgan fingerprint density at radius 1 is 0.667 bits per heavy atom. The number of fused-ring (bicyclic) bond motifs is 3. The van der Waals surface area contributed by atoms with Crippen LogP contribution in [-0.2, 0) is 6.42 Å². The predicted octanol–water partition coefficient (Wildman–Crippen LogP) is 10.9. The minimum Gasteiger partial charge on any atom is -0.461 e. The van der Waals surface area contributed by atoms with Crippen molar-refractivity contribution >= 4 is 38.5 Å². The standard InChI is InChI=1S/C12H14.C11H12O.C11H12S/c1-9(2)12-7-10-5-3-4-6-11(10)8-12;2*1-8(2)11-7-9-5-3-4-6-10(9)12-11/h3-7,9H,8H2,1-2H3;2*3-8H,1-2H3. The molecule has 186 valence electrons. The van der Waals surface area contributed by atoms with E-state index in [0.29, 0.717) is 17.8 Å².